The molecule has 2 heterocycles. The SMILES string of the molecule is Cc1nc(-c2ccccc2)sc1CNC(=O)C1CCCCN1. The van der Waals surface area contributed by atoms with Crippen molar-refractivity contribution in [2.45, 2.75) is 38.8 Å². The fourth-order valence-electron chi connectivity index (χ4n) is 2.66. The van der Waals surface area contributed by atoms with Crippen LogP contribution in [0, 0.1) is 6.92 Å². The molecule has 0 spiro atoms. The van der Waals surface area contributed by atoms with E-state index in [1.165, 1.54) is 0 Å². The number of aromatic nitrogens is 1. The normalized spacial score (nSPS) is 18.1. The maximum Gasteiger partial charge on any atom is 0.237 e. The number of aryl methyl sites for hydroxylation is 1. The maximum absolute atomic E-state index is 12.2. The van der Waals surface area contributed by atoms with Crippen molar-refractivity contribution in [2.75, 3.05) is 6.54 Å². The van der Waals surface area contributed by atoms with Crippen LogP contribution in [-0.4, -0.2) is 23.5 Å². The standard InChI is InChI=1S/C17H21N3OS/c1-12-15(11-19-16(21)14-9-5-6-10-18-14)22-17(20-12)13-7-3-2-4-8-13/h2-4,7-8,14,18H,5-6,9-11H2,1H3,(H,19,21). The third-order valence-electron chi connectivity index (χ3n) is 3.96. The molecule has 5 heteroatoms. The minimum Gasteiger partial charge on any atom is -0.350 e. The Morgan fingerprint density at radius 2 is 2.18 bits per heavy atom. The van der Waals surface area contributed by atoms with E-state index < -0.39 is 0 Å². The number of amides is 1. The van der Waals surface area contributed by atoms with Gasteiger partial charge in [-0.3, -0.25) is 4.79 Å². The first kappa shape index (κ1) is 15.2. The van der Waals surface area contributed by atoms with Gasteiger partial charge in [0, 0.05) is 10.4 Å². The lowest BCUT2D eigenvalue weighted by atomic mass is 10.0. The van der Waals surface area contributed by atoms with Crippen molar-refractivity contribution in [2.24, 2.45) is 0 Å². The highest BCUT2D eigenvalue weighted by Gasteiger charge is 2.20. The van der Waals surface area contributed by atoms with Gasteiger partial charge in [-0.25, -0.2) is 4.98 Å². The number of benzene rings is 1. The molecule has 2 aromatic rings. The predicted molar refractivity (Wildman–Crippen MR) is 89.8 cm³/mol. The number of nitrogens with one attached hydrogen (secondary N) is 2. The molecule has 3 rings (SSSR count). The summed E-state index contributed by atoms with van der Waals surface area (Å²) >= 11 is 1.65. The summed E-state index contributed by atoms with van der Waals surface area (Å²) in [5.74, 6) is 0.105. The summed E-state index contributed by atoms with van der Waals surface area (Å²) in [6.45, 7) is 3.51. The van der Waals surface area contributed by atoms with Crippen LogP contribution in [0.3, 0.4) is 0 Å². The minimum absolute atomic E-state index is 0.0319. The molecule has 116 valence electrons. The Labute approximate surface area is 135 Å². The van der Waals surface area contributed by atoms with E-state index in [9.17, 15) is 4.79 Å². The van der Waals surface area contributed by atoms with Gasteiger partial charge in [0.05, 0.1) is 18.3 Å². The monoisotopic (exact) mass is 315 g/mol. The van der Waals surface area contributed by atoms with Crippen molar-refractivity contribution in [1.29, 1.82) is 0 Å². The molecule has 0 bridgehead atoms. The van der Waals surface area contributed by atoms with E-state index in [0.29, 0.717) is 6.54 Å². The second-order valence-corrected chi connectivity index (χ2v) is 6.70. The van der Waals surface area contributed by atoms with Gasteiger partial charge in [-0.2, -0.15) is 0 Å². The summed E-state index contributed by atoms with van der Waals surface area (Å²) < 4.78 is 0. The van der Waals surface area contributed by atoms with Gasteiger partial charge in [0.2, 0.25) is 5.91 Å². The van der Waals surface area contributed by atoms with Gasteiger partial charge in [-0.15, -0.1) is 11.3 Å². The largest absolute Gasteiger partial charge is 0.350 e. The van der Waals surface area contributed by atoms with Crippen molar-refractivity contribution in [3.63, 3.8) is 0 Å². The fraction of sp³-hybridized carbons (Fsp3) is 0.412. The smallest absolute Gasteiger partial charge is 0.237 e. The average Bonchev–Trinajstić information content (AvgIpc) is 2.95. The molecule has 4 nitrogen and oxygen atoms in total. The second-order valence-electron chi connectivity index (χ2n) is 5.61. The molecular weight excluding hydrogens is 294 g/mol. The van der Waals surface area contributed by atoms with Crippen LogP contribution in [0.5, 0.6) is 0 Å². The van der Waals surface area contributed by atoms with Crippen LogP contribution in [0.25, 0.3) is 10.6 Å². The zero-order chi connectivity index (χ0) is 15.4. The van der Waals surface area contributed by atoms with Gasteiger partial charge in [-0.1, -0.05) is 36.8 Å². The number of rotatable bonds is 4. The number of carbonyl (C=O) groups is 1. The van der Waals surface area contributed by atoms with Crippen molar-refractivity contribution in [1.82, 2.24) is 15.6 Å². The summed E-state index contributed by atoms with van der Waals surface area (Å²) in [6, 6.07) is 10.1. The Bertz CT molecular complexity index is 633. The zero-order valence-corrected chi connectivity index (χ0v) is 13.6. The highest BCUT2D eigenvalue weighted by atomic mass is 32.1. The first-order chi connectivity index (χ1) is 10.7. The van der Waals surface area contributed by atoms with Crippen LogP contribution in [-0.2, 0) is 11.3 Å². The molecule has 1 unspecified atom stereocenters. The topological polar surface area (TPSA) is 54.0 Å². The van der Waals surface area contributed by atoms with Crippen LogP contribution in [0.4, 0.5) is 0 Å². The van der Waals surface area contributed by atoms with Gasteiger partial charge in [0.1, 0.15) is 5.01 Å². The molecule has 0 aliphatic carbocycles. The van der Waals surface area contributed by atoms with Crippen LogP contribution >= 0.6 is 11.3 Å². The highest BCUT2D eigenvalue weighted by molar-refractivity contribution is 7.15. The Hall–Kier alpha value is -1.72. The first-order valence-corrected chi connectivity index (χ1v) is 8.58. The molecule has 1 amide bonds. The van der Waals surface area contributed by atoms with Crippen LogP contribution in [0.2, 0.25) is 0 Å². The number of nitrogens with zero attached hydrogens (tertiary/aromatic N) is 1. The summed E-state index contributed by atoms with van der Waals surface area (Å²) in [4.78, 5) is 17.9. The number of carbonyl (C=O) groups excluding carboxylic acids is 1. The lowest BCUT2D eigenvalue weighted by molar-refractivity contribution is -0.123. The van der Waals surface area contributed by atoms with Crippen LogP contribution in [0.15, 0.2) is 30.3 Å². The molecule has 1 saturated heterocycles. The number of hydrogen-bond acceptors (Lipinski definition) is 4. The van der Waals surface area contributed by atoms with Crippen LogP contribution in [0.1, 0.15) is 29.8 Å². The quantitative estimate of drug-likeness (QED) is 0.912. The Morgan fingerprint density at radius 1 is 1.36 bits per heavy atom. The average molecular weight is 315 g/mol. The molecule has 2 N–H and O–H groups in total. The van der Waals surface area contributed by atoms with Gasteiger partial charge >= 0.3 is 0 Å². The Kier molecular flexibility index (Phi) is 4.85. The van der Waals surface area contributed by atoms with Gasteiger partial charge in [-0.05, 0) is 26.3 Å². The summed E-state index contributed by atoms with van der Waals surface area (Å²) in [5, 5.41) is 7.33. The molecule has 1 aromatic carbocycles. The highest BCUT2D eigenvalue weighted by Crippen LogP contribution is 2.27. The Balaban J connectivity index is 1.63. The van der Waals surface area contributed by atoms with E-state index >= 15 is 0 Å². The third-order valence-corrected chi connectivity index (χ3v) is 5.17. The zero-order valence-electron chi connectivity index (χ0n) is 12.8. The fourth-order valence-corrected chi connectivity index (χ4v) is 3.67. The summed E-state index contributed by atoms with van der Waals surface area (Å²) in [7, 11) is 0. The van der Waals surface area contributed by atoms with Gasteiger partial charge in [0.15, 0.2) is 0 Å². The van der Waals surface area contributed by atoms with Crippen molar-refractivity contribution in [3.05, 3.63) is 40.9 Å². The third kappa shape index (κ3) is 3.54. The van der Waals surface area contributed by atoms with Crippen molar-refractivity contribution < 1.29 is 4.79 Å². The Morgan fingerprint density at radius 3 is 2.91 bits per heavy atom. The van der Waals surface area contributed by atoms with Crippen LogP contribution < -0.4 is 10.6 Å². The van der Waals surface area contributed by atoms with E-state index in [2.05, 4.69) is 27.8 Å². The number of piperidine rings is 1. The molecule has 0 radical (unpaired) electrons. The lowest BCUT2D eigenvalue weighted by Crippen LogP contribution is -2.46. The number of thiazole rings is 1. The van der Waals surface area contributed by atoms with Crippen molar-refractivity contribution in [3.8, 4) is 10.6 Å². The molecule has 1 aliphatic heterocycles. The molecule has 22 heavy (non-hydrogen) atoms. The van der Waals surface area contributed by atoms with E-state index in [-0.39, 0.29) is 11.9 Å². The molecular formula is C17H21N3OS. The maximum atomic E-state index is 12.2. The molecule has 1 aromatic heterocycles. The second kappa shape index (κ2) is 7.03. The minimum atomic E-state index is -0.0319. The van der Waals surface area contributed by atoms with E-state index in [0.717, 1.165) is 46.9 Å². The van der Waals surface area contributed by atoms with Gasteiger partial charge < -0.3 is 10.6 Å². The molecule has 1 fully saturated rings. The molecule has 0 saturated carbocycles. The predicted octanol–water partition coefficient (Wildman–Crippen LogP) is 2.88. The molecule has 1 aliphatic rings. The summed E-state index contributed by atoms with van der Waals surface area (Å²) in [6.07, 6.45) is 3.23. The van der Waals surface area contributed by atoms with Crippen molar-refractivity contribution >= 4 is 17.2 Å². The first-order valence-electron chi connectivity index (χ1n) is 7.77. The lowest BCUT2D eigenvalue weighted by Gasteiger charge is -2.22. The van der Waals surface area contributed by atoms with E-state index in [1.807, 2.05) is 25.1 Å². The van der Waals surface area contributed by atoms with Gasteiger partial charge in [0.25, 0.3) is 0 Å². The van der Waals surface area contributed by atoms with E-state index in [1.54, 1.807) is 11.3 Å². The number of hydrogen-bond donors (Lipinski definition) is 2. The van der Waals surface area contributed by atoms with E-state index in [4.69, 9.17) is 0 Å². The molecule has 1 atom stereocenters. The summed E-state index contributed by atoms with van der Waals surface area (Å²) in [5.41, 5.74) is 2.13.